The Kier molecular flexibility index (Phi) is 5.17. The molecule has 3 N–H and O–H groups in total. The SMILES string of the molecule is COC(=O)c1sc(NC(=O)C[C@H]2NC(=O)c3ccccc3NC2=O)nc1C. The largest absolute Gasteiger partial charge is 0.465 e. The molecule has 27 heavy (non-hydrogen) atoms. The Bertz CT molecular complexity index is 939. The highest BCUT2D eigenvalue weighted by atomic mass is 32.1. The molecule has 10 heteroatoms. The molecule has 3 rings (SSSR count). The molecular weight excluding hydrogens is 372 g/mol. The van der Waals surface area contributed by atoms with Crippen molar-refractivity contribution in [3.05, 3.63) is 40.4 Å². The first-order valence-corrected chi connectivity index (χ1v) is 8.77. The highest BCUT2D eigenvalue weighted by molar-refractivity contribution is 7.17. The van der Waals surface area contributed by atoms with Crippen LogP contribution in [0.2, 0.25) is 0 Å². The highest BCUT2D eigenvalue weighted by Crippen LogP contribution is 2.24. The zero-order valence-corrected chi connectivity index (χ0v) is 15.3. The Morgan fingerprint density at radius 1 is 1.30 bits per heavy atom. The normalized spacial score (nSPS) is 15.9. The van der Waals surface area contributed by atoms with Crippen LogP contribution in [-0.4, -0.2) is 41.8 Å². The molecule has 0 fully saturated rings. The van der Waals surface area contributed by atoms with Crippen molar-refractivity contribution in [1.82, 2.24) is 10.3 Å². The number of aryl methyl sites for hydroxylation is 1. The van der Waals surface area contributed by atoms with Crippen molar-refractivity contribution in [3.63, 3.8) is 0 Å². The summed E-state index contributed by atoms with van der Waals surface area (Å²) in [5, 5.41) is 7.92. The first kappa shape index (κ1) is 18.5. The molecule has 0 bridgehead atoms. The molecular formula is C17H16N4O5S. The Balaban J connectivity index is 1.69. The molecule has 0 saturated carbocycles. The molecule has 1 atom stereocenters. The molecule has 140 valence electrons. The Hall–Kier alpha value is -3.27. The maximum absolute atomic E-state index is 12.3. The van der Waals surface area contributed by atoms with Gasteiger partial charge in [0.05, 0.1) is 30.5 Å². The van der Waals surface area contributed by atoms with E-state index in [-0.39, 0.29) is 16.4 Å². The zero-order valence-electron chi connectivity index (χ0n) is 14.5. The first-order valence-electron chi connectivity index (χ1n) is 7.95. The van der Waals surface area contributed by atoms with Gasteiger partial charge in [0.2, 0.25) is 11.8 Å². The van der Waals surface area contributed by atoms with Gasteiger partial charge in [-0.3, -0.25) is 14.4 Å². The van der Waals surface area contributed by atoms with Crippen LogP contribution in [0.15, 0.2) is 24.3 Å². The molecule has 1 aliphatic rings. The molecule has 1 aromatic carbocycles. The number of benzene rings is 1. The number of esters is 1. The third-order valence-electron chi connectivity index (χ3n) is 3.85. The highest BCUT2D eigenvalue weighted by Gasteiger charge is 2.29. The summed E-state index contributed by atoms with van der Waals surface area (Å²) in [6.07, 6.45) is -0.280. The number of fused-ring (bicyclic) bond motifs is 1. The van der Waals surface area contributed by atoms with Crippen LogP contribution < -0.4 is 16.0 Å². The van der Waals surface area contributed by atoms with Gasteiger partial charge < -0.3 is 20.7 Å². The van der Waals surface area contributed by atoms with E-state index in [2.05, 4.69) is 25.7 Å². The van der Waals surface area contributed by atoms with Crippen molar-refractivity contribution in [2.24, 2.45) is 0 Å². The van der Waals surface area contributed by atoms with Gasteiger partial charge >= 0.3 is 5.97 Å². The van der Waals surface area contributed by atoms with E-state index >= 15 is 0 Å². The lowest BCUT2D eigenvalue weighted by molar-refractivity contribution is -0.122. The second-order valence-corrected chi connectivity index (χ2v) is 6.74. The summed E-state index contributed by atoms with van der Waals surface area (Å²) in [6.45, 7) is 1.62. The summed E-state index contributed by atoms with van der Waals surface area (Å²) in [5.41, 5.74) is 1.14. The van der Waals surface area contributed by atoms with Gasteiger partial charge in [-0.1, -0.05) is 23.5 Å². The predicted octanol–water partition coefficient (Wildman–Crippen LogP) is 1.32. The third kappa shape index (κ3) is 3.95. The van der Waals surface area contributed by atoms with E-state index in [1.54, 1.807) is 31.2 Å². The number of rotatable bonds is 4. The average molecular weight is 388 g/mol. The second-order valence-electron chi connectivity index (χ2n) is 5.74. The molecule has 0 saturated heterocycles. The average Bonchev–Trinajstić information content (AvgIpc) is 2.95. The second kappa shape index (κ2) is 7.54. The summed E-state index contributed by atoms with van der Waals surface area (Å²) in [7, 11) is 1.26. The first-order chi connectivity index (χ1) is 12.9. The lowest BCUT2D eigenvalue weighted by Crippen LogP contribution is -2.43. The van der Waals surface area contributed by atoms with Crippen molar-refractivity contribution in [2.45, 2.75) is 19.4 Å². The fourth-order valence-electron chi connectivity index (χ4n) is 2.54. The van der Waals surface area contributed by atoms with E-state index in [0.29, 0.717) is 16.9 Å². The smallest absolute Gasteiger partial charge is 0.350 e. The number of aromatic nitrogens is 1. The molecule has 0 radical (unpaired) electrons. The topological polar surface area (TPSA) is 126 Å². The van der Waals surface area contributed by atoms with E-state index < -0.39 is 29.7 Å². The number of ether oxygens (including phenoxy) is 1. The van der Waals surface area contributed by atoms with Crippen LogP contribution in [-0.2, 0) is 14.3 Å². The lowest BCUT2D eigenvalue weighted by atomic mass is 10.1. The van der Waals surface area contributed by atoms with Crippen LogP contribution >= 0.6 is 11.3 Å². The van der Waals surface area contributed by atoms with Crippen molar-refractivity contribution in [3.8, 4) is 0 Å². The van der Waals surface area contributed by atoms with Gasteiger partial charge in [0, 0.05) is 0 Å². The van der Waals surface area contributed by atoms with Gasteiger partial charge in [-0.2, -0.15) is 0 Å². The van der Waals surface area contributed by atoms with Gasteiger partial charge in [-0.15, -0.1) is 0 Å². The van der Waals surface area contributed by atoms with Crippen molar-refractivity contribution >= 4 is 45.8 Å². The van der Waals surface area contributed by atoms with Crippen LogP contribution in [0.3, 0.4) is 0 Å². The van der Waals surface area contributed by atoms with Crippen LogP contribution in [0.5, 0.6) is 0 Å². The minimum atomic E-state index is -1.04. The van der Waals surface area contributed by atoms with Crippen LogP contribution in [0.25, 0.3) is 0 Å². The minimum absolute atomic E-state index is 0.210. The van der Waals surface area contributed by atoms with Crippen LogP contribution in [0.4, 0.5) is 10.8 Å². The number of hydrogen-bond donors (Lipinski definition) is 3. The molecule has 0 unspecified atom stereocenters. The molecule has 1 aromatic heterocycles. The number of hydrogen-bond acceptors (Lipinski definition) is 7. The number of nitrogens with zero attached hydrogens (tertiary/aromatic N) is 1. The summed E-state index contributed by atoms with van der Waals surface area (Å²) in [5.74, 6) is -2.00. The van der Waals surface area contributed by atoms with E-state index in [4.69, 9.17) is 0 Å². The number of para-hydroxylation sites is 1. The van der Waals surface area contributed by atoms with Gasteiger partial charge in [0.1, 0.15) is 10.9 Å². The lowest BCUT2D eigenvalue weighted by Gasteiger charge is -2.13. The zero-order chi connectivity index (χ0) is 19.6. The molecule has 0 spiro atoms. The molecule has 9 nitrogen and oxygen atoms in total. The maximum atomic E-state index is 12.3. The van der Waals surface area contributed by atoms with Gasteiger partial charge in [0.15, 0.2) is 5.13 Å². The van der Waals surface area contributed by atoms with Crippen molar-refractivity contribution < 1.29 is 23.9 Å². The Labute approximate surface area is 158 Å². The fourth-order valence-corrected chi connectivity index (χ4v) is 3.44. The number of amides is 3. The quantitative estimate of drug-likeness (QED) is 0.678. The van der Waals surface area contributed by atoms with E-state index in [1.807, 2.05) is 0 Å². The third-order valence-corrected chi connectivity index (χ3v) is 4.91. The van der Waals surface area contributed by atoms with E-state index in [9.17, 15) is 19.2 Å². The standard InChI is InChI=1S/C17H16N4O5S/c1-8-13(16(25)26-2)27-17(18-8)21-12(22)7-11-15(24)19-10-6-4-3-5-9(10)14(23)20-11/h3-6,11H,7H2,1-2H3,(H,19,24)(H,20,23)(H,18,21,22)/t11-/m1/s1. The van der Waals surface area contributed by atoms with Gasteiger partial charge in [-0.05, 0) is 19.1 Å². The van der Waals surface area contributed by atoms with Crippen LogP contribution in [0, 0.1) is 6.92 Å². The number of methoxy groups -OCH3 is 1. The van der Waals surface area contributed by atoms with Crippen molar-refractivity contribution in [2.75, 3.05) is 17.7 Å². The number of carbonyl (C=O) groups is 4. The number of anilines is 2. The number of carbonyl (C=O) groups excluding carboxylic acids is 4. The Morgan fingerprint density at radius 3 is 2.78 bits per heavy atom. The molecule has 1 aliphatic heterocycles. The number of thiazole rings is 1. The van der Waals surface area contributed by atoms with Crippen molar-refractivity contribution in [1.29, 1.82) is 0 Å². The summed E-state index contributed by atoms with van der Waals surface area (Å²) in [4.78, 5) is 52.9. The van der Waals surface area contributed by atoms with E-state index in [1.165, 1.54) is 7.11 Å². The fraction of sp³-hybridized carbons (Fsp3) is 0.235. The summed E-state index contributed by atoms with van der Waals surface area (Å²) in [6, 6.07) is 5.54. The van der Waals surface area contributed by atoms with Gasteiger partial charge in [-0.25, -0.2) is 9.78 Å². The monoisotopic (exact) mass is 388 g/mol. The summed E-state index contributed by atoms with van der Waals surface area (Å²) < 4.78 is 4.65. The minimum Gasteiger partial charge on any atom is -0.465 e. The summed E-state index contributed by atoms with van der Waals surface area (Å²) >= 11 is 0.972. The molecule has 2 heterocycles. The van der Waals surface area contributed by atoms with Crippen LogP contribution in [0.1, 0.15) is 32.1 Å². The molecule has 2 aromatic rings. The maximum Gasteiger partial charge on any atom is 0.350 e. The molecule has 0 aliphatic carbocycles. The van der Waals surface area contributed by atoms with E-state index in [0.717, 1.165) is 11.3 Å². The Morgan fingerprint density at radius 2 is 2.04 bits per heavy atom. The molecule has 3 amide bonds. The van der Waals surface area contributed by atoms with Gasteiger partial charge in [0.25, 0.3) is 5.91 Å². The predicted molar refractivity (Wildman–Crippen MR) is 97.8 cm³/mol. The number of nitrogens with one attached hydrogen (secondary N) is 3.